The molecule has 0 aliphatic heterocycles. The van der Waals surface area contributed by atoms with Crippen LogP contribution in [0, 0.1) is 0 Å². The molecular weight excluding hydrogens is 374 g/mol. The van der Waals surface area contributed by atoms with Gasteiger partial charge >= 0.3 is 5.97 Å². The van der Waals surface area contributed by atoms with E-state index in [0.717, 1.165) is 10.2 Å². The summed E-state index contributed by atoms with van der Waals surface area (Å²) in [4.78, 5) is 15.9. The first kappa shape index (κ1) is 16.3. The highest BCUT2D eigenvalue weighted by Gasteiger charge is 2.21. The molecule has 3 aromatic rings. The van der Waals surface area contributed by atoms with E-state index in [9.17, 15) is 4.79 Å². The first-order valence-corrected chi connectivity index (χ1v) is 8.11. The number of halogens is 1. The van der Waals surface area contributed by atoms with Gasteiger partial charge in [-0.15, -0.1) is 0 Å². The smallest absolute Gasteiger partial charge is 0.360 e. The third-order valence-corrected chi connectivity index (χ3v) is 3.86. The molecule has 24 heavy (non-hydrogen) atoms. The van der Waals surface area contributed by atoms with Crippen LogP contribution in [0.15, 0.2) is 63.8 Å². The van der Waals surface area contributed by atoms with Crippen molar-refractivity contribution < 1.29 is 18.7 Å². The predicted octanol–water partition coefficient (Wildman–Crippen LogP) is 5.07. The molecule has 1 aromatic heterocycles. The lowest BCUT2D eigenvalue weighted by Gasteiger charge is -2.08. The second kappa shape index (κ2) is 7.31. The molecule has 0 saturated heterocycles. The van der Waals surface area contributed by atoms with Crippen LogP contribution in [0.1, 0.15) is 17.4 Å². The van der Waals surface area contributed by atoms with E-state index in [4.69, 9.17) is 13.9 Å². The number of esters is 1. The number of carbonyl (C=O) groups excluding carboxylic acids is 1. The molecule has 0 bridgehead atoms. The minimum Gasteiger partial charge on any atom is -0.461 e. The van der Waals surface area contributed by atoms with Gasteiger partial charge in [0.05, 0.1) is 6.61 Å². The second-order valence-corrected chi connectivity index (χ2v) is 5.66. The number of ether oxygens (including phenoxy) is 2. The molecular formula is C18H14BrNO4. The van der Waals surface area contributed by atoms with Gasteiger partial charge in [0.15, 0.2) is 17.8 Å². The largest absolute Gasteiger partial charge is 0.461 e. The SMILES string of the molecule is CCOC(=O)c1ncoc1-c1ccc(Oc2ccccc2)cc1Br. The molecule has 0 aliphatic rings. The fraction of sp³-hybridized carbons (Fsp3) is 0.111. The molecule has 122 valence electrons. The number of carbonyl (C=O) groups is 1. The Labute approximate surface area is 147 Å². The van der Waals surface area contributed by atoms with Gasteiger partial charge in [-0.05, 0) is 53.2 Å². The van der Waals surface area contributed by atoms with Crippen LogP contribution in [-0.4, -0.2) is 17.6 Å². The third kappa shape index (κ3) is 3.49. The number of aromatic nitrogens is 1. The summed E-state index contributed by atoms with van der Waals surface area (Å²) in [6.45, 7) is 2.01. The summed E-state index contributed by atoms with van der Waals surface area (Å²) in [5, 5.41) is 0. The quantitative estimate of drug-likeness (QED) is 0.571. The molecule has 0 aliphatic carbocycles. The topological polar surface area (TPSA) is 61.6 Å². The monoisotopic (exact) mass is 387 g/mol. The van der Waals surface area contributed by atoms with Gasteiger partial charge in [-0.25, -0.2) is 9.78 Å². The molecule has 3 rings (SSSR count). The zero-order chi connectivity index (χ0) is 16.9. The Hall–Kier alpha value is -2.60. The summed E-state index contributed by atoms with van der Waals surface area (Å²) in [6, 6.07) is 14.9. The zero-order valence-corrected chi connectivity index (χ0v) is 14.4. The lowest BCUT2D eigenvalue weighted by molar-refractivity contribution is 0.0520. The minimum absolute atomic E-state index is 0.147. The van der Waals surface area contributed by atoms with Crippen LogP contribution in [0.5, 0.6) is 11.5 Å². The fourth-order valence-corrected chi connectivity index (χ4v) is 2.69. The zero-order valence-electron chi connectivity index (χ0n) is 12.9. The van der Waals surface area contributed by atoms with Crippen LogP contribution in [0.2, 0.25) is 0 Å². The first-order valence-electron chi connectivity index (χ1n) is 7.32. The van der Waals surface area contributed by atoms with E-state index in [1.165, 1.54) is 6.39 Å². The van der Waals surface area contributed by atoms with Gasteiger partial charge in [-0.1, -0.05) is 18.2 Å². The van der Waals surface area contributed by atoms with E-state index in [0.29, 0.717) is 17.1 Å². The maximum Gasteiger partial charge on any atom is 0.360 e. The molecule has 0 atom stereocenters. The van der Waals surface area contributed by atoms with Crippen molar-refractivity contribution in [2.75, 3.05) is 6.61 Å². The third-order valence-electron chi connectivity index (χ3n) is 3.20. The van der Waals surface area contributed by atoms with E-state index in [2.05, 4.69) is 20.9 Å². The summed E-state index contributed by atoms with van der Waals surface area (Å²) < 4.78 is 16.9. The second-order valence-electron chi connectivity index (χ2n) is 4.81. The Morgan fingerprint density at radius 1 is 1.17 bits per heavy atom. The number of hydrogen-bond acceptors (Lipinski definition) is 5. The van der Waals surface area contributed by atoms with E-state index >= 15 is 0 Å². The van der Waals surface area contributed by atoms with Crippen molar-refractivity contribution >= 4 is 21.9 Å². The van der Waals surface area contributed by atoms with Crippen LogP contribution in [0.3, 0.4) is 0 Å². The van der Waals surface area contributed by atoms with Crippen molar-refractivity contribution in [3.05, 3.63) is 65.1 Å². The van der Waals surface area contributed by atoms with Gasteiger partial charge in [-0.2, -0.15) is 0 Å². The summed E-state index contributed by atoms with van der Waals surface area (Å²) in [5.74, 6) is 1.24. The highest BCUT2D eigenvalue weighted by atomic mass is 79.9. The highest BCUT2D eigenvalue weighted by Crippen LogP contribution is 2.34. The Morgan fingerprint density at radius 2 is 1.96 bits per heavy atom. The number of hydrogen-bond donors (Lipinski definition) is 0. The fourth-order valence-electron chi connectivity index (χ4n) is 2.15. The van der Waals surface area contributed by atoms with Gasteiger partial charge in [0, 0.05) is 10.0 Å². The lowest BCUT2D eigenvalue weighted by atomic mass is 10.1. The van der Waals surface area contributed by atoms with Crippen LogP contribution in [0.25, 0.3) is 11.3 Å². The number of para-hydroxylation sites is 1. The standard InChI is InChI=1S/C18H14BrNO4/c1-2-22-18(21)16-17(23-11-20-16)14-9-8-13(10-15(14)19)24-12-6-4-3-5-7-12/h3-11H,2H2,1H3. The summed E-state index contributed by atoms with van der Waals surface area (Å²) in [5.41, 5.74) is 0.838. The van der Waals surface area contributed by atoms with Gasteiger partial charge in [-0.3, -0.25) is 0 Å². The molecule has 0 spiro atoms. The first-order chi connectivity index (χ1) is 11.7. The van der Waals surface area contributed by atoms with Crippen LogP contribution < -0.4 is 4.74 Å². The Bertz CT molecular complexity index is 845. The van der Waals surface area contributed by atoms with Crippen molar-refractivity contribution in [3.63, 3.8) is 0 Å². The average molecular weight is 388 g/mol. The molecule has 1 heterocycles. The van der Waals surface area contributed by atoms with Crippen molar-refractivity contribution in [2.24, 2.45) is 0 Å². The molecule has 0 amide bonds. The molecule has 0 saturated carbocycles. The lowest BCUT2D eigenvalue weighted by Crippen LogP contribution is -2.06. The normalized spacial score (nSPS) is 10.4. The molecule has 0 radical (unpaired) electrons. The summed E-state index contributed by atoms with van der Waals surface area (Å²) in [6.07, 6.45) is 1.22. The average Bonchev–Trinajstić information content (AvgIpc) is 3.05. The maximum absolute atomic E-state index is 11.9. The van der Waals surface area contributed by atoms with Crippen molar-refractivity contribution in [1.82, 2.24) is 4.98 Å². The number of nitrogens with zero attached hydrogens (tertiary/aromatic N) is 1. The molecule has 5 nitrogen and oxygen atoms in total. The number of rotatable bonds is 5. The molecule has 0 unspecified atom stereocenters. The van der Waals surface area contributed by atoms with Crippen molar-refractivity contribution in [3.8, 4) is 22.8 Å². The van der Waals surface area contributed by atoms with E-state index < -0.39 is 5.97 Å². The number of oxazole rings is 1. The summed E-state index contributed by atoms with van der Waals surface area (Å²) >= 11 is 3.48. The predicted molar refractivity (Wildman–Crippen MR) is 92.1 cm³/mol. The minimum atomic E-state index is -0.516. The maximum atomic E-state index is 11.9. The van der Waals surface area contributed by atoms with Gasteiger partial charge in [0.25, 0.3) is 0 Å². The van der Waals surface area contributed by atoms with Gasteiger partial charge in [0.1, 0.15) is 11.5 Å². The van der Waals surface area contributed by atoms with Gasteiger partial charge < -0.3 is 13.9 Å². The Kier molecular flexibility index (Phi) is 4.96. The van der Waals surface area contributed by atoms with Crippen LogP contribution in [-0.2, 0) is 4.74 Å². The molecule has 6 heteroatoms. The Balaban J connectivity index is 1.88. The van der Waals surface area contributed by atoms with Crippen LogP contribution >= 0.6 is 15.9 Å². The number of benzene rings is 2. The highest BCUT2D eigenvalue weighted by molar-refractivity contribution is 9.10. The van der Waals surface area contributed by atoms with Gasteiger partial charge in [0.2, 0.25) is 0 Å². The van der Waals surface area contributed by atoms with Crippen molar-refractivity contribution in [1.29, 1.82) is 0 Å². The van der Waals surface area contributed by atoms with Crippen LogP contribution in [0.4, 0.5) is 0 Å². The molecule has 0 fully saturated rings. The molecule has 2 aromatic carbocycles. The molecule has 0 N–H and O–H groups in total. The summed E-state index contributed by atoms with van der Waals surface area (Å²) in [7, 11) is 0. The van der Waals surface area contributed by atoms with E-state index in [1.807, 2.05) is 30.3 Å². The van der Waals surface area contributed by atoms with Crippen molar-refractivity contribution in [2.45, 2.75) is 6.92 Å². The van der Waals surface area contributed by atoms with E-state index in [-0.39, 0.29) is 12.3 Å². The Morgan fingerprint density at radius 3 is 2.67 bits per heavy atom. The van der Waals surface area contributed by atoms with E-state index in [1.54, 1.807) is 25.1 Å².